The van der Waals surface area contributed by atoms with Crippen molar-refractivity contribution in [2.75, 3.05) is 58.9 Å². The summed E-state index contributed by atoms with van der Waals surface area (Å²) in [4.78, 5) is 22.7. The van der Waals surface area contributed by atoms with E-state index < -0.39 is 16.6 Å². The van der Waals surface area contributed by atoms with Gasteiger partial charge in [-0.3, -0.25) is 9.52 Å². The minimum absolute atomic E-state index is 0.171. The van der Waals surface area contributed by atoms with Crippen molar-refractivity contribution in [3.8, 4) is 5.88 Å². The molecule has 1 spiro atoms. The molecular weight excluding hydrogens is 518 g/mol. The molecule has 0 atom stereocenters. The van der Waals surface area contributed by atoms with Gasteiger partial charge in [-0.2, -0.15) is 4.98 Å². The Morgan fingerprint density at radius 2 is 1.92 bits per heavy atom. The van der Waals surface area contributed by atoms with E-state index in [1.807, 2.05) is 13.1 Å². The second kappa shape index (κ2) is 10.2. The normalized spacial score (nSPS) is 19.9. The van der Waals surface area contributed by atoms with E-state index in [1.165, 1.54) is 12.8 Å². The van der Waals surface area contributed by atoms with Gasteiger partial charge in [-0.15, -0.1) is 0 Å². The number of rotatable bonds is 9. The zero-order valence-corrected chi connectivity index (χ0v) is 23.2. The first-order valence-corrected chi connectivity index (χ1v) is 15.6. The third-order valence-electron chi connectivity index (χ3n) is 8.71. The lowest BCUT2D eigenvalue weighted by molar-refractivity contribution is 0.102. The lowest BCUT2D eigenvalue weighted by Gasteiger charge is -2.35. The highest BCUT2D eigenvalue weighted by atomic mass is 32.2. The highest BCUT2D eigenvalue weighted by molar-refractivity contribution is 7.92. The van der Waals surface area contributed by atoms with Gasteiger partial charge >= 0.3 is 0 Å². The third-order valence-corrected chi connectivity index (χ3v) is 9.97. The number of ether oxygens (including phenoxy) is 1. The van der Waals surface area contributed by atoms with Crippen LogP contribution in [0, 0.1) is 5.41 Å². The number of aliphatic hydroxyl groups excluding tert-OH is 1. The topological polar surface area (TPSA) is 124 Å². The van der Waals surface area contributed by atoms with Crippen molar-refractivity contribution in [1.82, 2.24) is 4.98 Å². The molecule has 11 heteroatoms. The molecule has 0 radical (unpaired) electrons. The fraction of sp³-hybridized carbons (Fsp3) is 0.571. The molecule has 1 aromatic carbocycles. The Labute approximate surface area is 229 Å². The summed E-state index contributed by atoms with van der Waals surface area (Å²) in [5, 5.41) is 12.1. The van der Waals surface area contributed by atoms with Crippen LogP contribution in [0.15, 0.2) is 24.3 Å². The van der Waals surface area contributed by atoms with Crippen molar-refractivity contribution in [2.24, 2.45) is 5.41 Å². The highest BCUT2D eigenvalue weighted by Crippen LogP contribution is 2.54. The van der Waals surface area contributed by atoms with Crippen molar-refractivity contribution in [3.63, 3.8) is 0 Å². The third kappa shape index (κ3) is 5.51. The maximum atomic E-state index is 13.7. The first kappa shape index (κ1) is 26.2. The molecule has 3 heterocycles. The molecule has 210 valence electrons. The zero-order valence-electron chi connectivity index (χ0n) is 22.4. The number of piperidine rings is 1. The first-order valence-electron chi connectivity index (χ1n) is 14.0. The fourth-order valence-electron chi connectivity index (χ4n) is 5.84. The molecule has 1 aromatic heterocycles. The molecule has 39 heavy (non-hydrogen) atoms. The molecule has 2 aromatic rings. The van der Waals surface area contributed by atoms with Crippen LogP contribution in [-0.4, -0.2) is 69.6 Å². The van der Waals surface area contributed by atoms with E-state index in [0.717, 1.165) is 69.4 Å². The number of nitrogens with zero attached hydrogens (tertiary/aromatic N) is 3. The van der Waals surface area contributed by atoms with E-state index in [-0.39, 0.29) is 17.8 Å². The van der Waals surface area contributed by atoms with Crippen LogP contribution in [0.5, 0.6) is 5.88 Å². The van der Waals surface area contributed by atoms with Gasteiger partial charge in [0.25, 0.3) is 5.91 Å². The van der Waals surface area contributed by atoms with Gasteiger partial charge < -0.3 is 25.0 Å². The van der Waals surface area contributed by atoms with E-state index in [0.29, 0.717) is 34.1 Å². The Morgan fingerprint density at radius 3 is 2.59 bits per heavy atom. The number of hydrogen-bond acceptors (Lipinski definition) is 8. The van der Waals surface area contributed by atoms with Gasteiger partial charge in [0.2, 0.25) is 15.9 Å². The number of carbonyl (C=O) groups excluding carboxylic acids is 1. The fourth-order valence-corrected chi connectivity index (χ4v) is 6.67. The number of hydrogen-bond donors (Lipinski definition) is 3. The second-order valence-electron chi connectivity index (χ2n) is 11.5. The first-order chi connectivity index (χ1) is 18.7. The summed E-state index contributed by atoms with van der Waals surface area (Å²) in [6, 6.07) is 6.91. The van der Waals surface area contributed by atoms with Crippen LogP contribution in [0.3, 0.4) is 0 Å². The number of sulfonamides is 1. The standard InChI is InChI=1S/C28H37N5O5S/c1-32-12-7-19-17-24(30-27(25(19)32)38-21-3-2-4-21)29-26(35)22-6-5-20(31-39(36,37)16-15-34)18-23(22)33-13-10-28(8-9-28)11-14-33/h5-6,17-18,21,31,34H,2-4,7-16H2,1H3,(H,29,30,35). The van der Waals surface area contributed by atoms with Crippen molar-refractivity contribution >= 4 is 38.8 Å². The van der Waals surface area contributed by atoms with E-state index in [1.54, 1.807) is 18.2 Å². The molecule has 3 fully saturated rings. The summed E-state index contributed by atoms with van der Waals surface area (Å²) in [5.74, 6) is 0.348. The molecule has 2 aliphatic carbocycles. The second-order valence-corrected chi connectivity index (χ2v) is 13.3. The number of aliphatic hydroxyl groups is 1. The molecule has 6 rings (SSSR count). The van der Waals surface area contributed by atoms with E-state index in [2.05, 4.69) is 19.8 Å². The molecule has 0 bridgehead atoms. The van der Waals surface area contributed by atoms with Gasteiger partial charge in [-0.05, 0) is 86.6 Å². The van der Waals surface area contributed by atoms with Gasteiger partial charge in [-0.1, -0.05) is 0 Å². The summed E-state index contributed by atoms with van der Waals surface area (Å²) in [7, 11) is -1.66. The van der Waals surface area contributed by atoms with Crippen molar-refractivity contribution < 1.29 is 23.1 Å². The maximum Gasteiger partial charge on any atom is 0.258 e. The van der Waals surface area contributed by atoms with Crippen LogP contribution in [0.4, 0.5) is 22.9 Å². The van der Waals surface area contributed by atoms with Gasteiger partial charge in [0, 0.05) is 26.7 Å². The van der Waals surface area contributed by atoms with Crippen LogP contribution in [0.1, 0.15) is 60.9 Å². The Kier molecular flexibility index (Phi) is 6.83. The van der Waals surface area contributed by atoms with Gasteiger partial charge in [0.15, 0.2) is 0 Å². The summed E-state index contributed by atoms with van der Waals surface area (Å²) in [5.41, 5.74) is 4.10. The molecule has 1 saturated heterocycles. The van der Waals surface area contributed by atoms with Crippen molar-refractivity contribution in [3.05, 3.63) is 35.4 Å². The summed E-state index contributed by atoms with van der Waals surface area (Å²) in [6.45, 7) is 2.04. The average molecular weight is 556 g/mol. The van der Waals surface area contributed by atoms with Crippen molar-refractivity contribution in [2.45, 2.75) is 57.5 Å². The summed E-state index contributed by atoms with van der Waals surface area (Å²) >= 11 is 0. The van der Waals surface area contributed by atoms with E-state index >= 15 is 0 Å². The Balaban J connectivity index is 1.28. The van der Waals surface area contributed by atoms with Gasteiger partial charge in [0.1, 0.15) is 17.6 Å². The predicted molar refractivity (Wildman–Crippen MR) is 151 cm³/mol. The number of nitrogens with one attached hydrogen (secondary N) is 2. The SMILES string of the molecule is CN1CCc2cc(NC(=O)c3ccc(NS(=O)(=O)CCO)cc3N3CCC4(CC3)CC4)nc(OC3CCC3)c21. The van der Waals surface area contributed by atoms with Gasteiger partial charge in [0.05, 0.1) is 29.3 Å². The molecule has 4 aliphatic rings. The lowest BCUT2D eigenvalue weighted by atomic mass is 9.93. The minimum Gasteiger partial charge on any atom is -0.473 e. The summed E-state index contributed by atoms with van der Waals surface area (Å²) < 4.78 is 33.4. The monoisotopic (exact) mass is 555 g/mol. The van der Waals surface area contributed by atoms with Crippen molar-refractivity contribution in [1.29, 1.82) is 0 Å². The Morgan fingerprint density at radius 1 is 1.15 bits per heavy atom. The number of carbonyl (C=O) groups is 1. The smallest absolute Gasteiger partial charge is 0.258 e. The van der Waals surface area contributed by atoms with E-state index in [9.17, 15) is 13.2 Å². The molecular formula is C28H37N5O5S. The van der Waals surface area contributed by atoms with Gasteiger partial charge in [-0.25, -0.2) is 8.42 Å². The number of amides is 1. The number of anilines is 4. The molecule has 1 amide bonds. The molecule has 2 aliphatic heterocycles. The predicted octanol–water partition coefficient (Wildman–Crippen LogP) is 3.37. The Hall–Kier alpha value is -3.05. The number of aromatic nitrogens is 1. The number of likely N-dealkylation sites (N-methyl/N-ethyl adjacent to an activating group) is 1. The maximum absolute atomic E-state index is 13.7. The molecule has 10 nitrogen and oxygen atoms in total. The Bertz CT molecular complexity index is 1360. The van der Waals surface area contributed by atoms with E-state index in [4.69, 9.17) is 14.8 Å². The molecule has 2 saturated carbocycles. The number of benzene rings is 1. The molecule has 0 unspecified atom stereocenters. The lowest BCUT2D eigenvalue weighted by Crippen LogP contribution is -2.35. The van der Waals surface area contributed by atoms with Crippen LogP contribution >= 0.6 is 0 Å². The largest absolute Gasteiger partial charge is 0.473 e. The van der Waals surface area contributed by atoms with Crippen LogP contribution in [-0.2, 0) is 16.4 Å². The number of pyridine rings is 1. The van der Waals surface area contributed by atoms with Crippen LogP contribution in [0.2, 0.25) is 0 Å². The summed E-state index contributed by atoms with van der Waals surface area (Å²) in [6.07, 6.45) is 8.89. The number of fused-ring (bicyclic) bond motifs is 1. The molecule has 3 N–H and O–H groups in total. The van der Waals surface area contributed by atoms with Crippen LogP contribution in [0.25, 0.3) is 0 Å². The van der Waals surface area contributed by atoms with Crippen LogP contribution < -0.4 is 24.6 Å². The highest BCUT2D eigenvalue weighted by Gasteiger charge is 2.44. The zero-order chi connectivity index (χ0) is 27.2. The average Bonchev–Trinajstić information content (AvgIpc) is 3.52. The minimum atomic E-state index is -3.69. The quantitative estimate of drug-likeness (QED) is 0.430.